The largest absolute Gasteiger partial charge is 0.383 e. The highest BCUT2D eigenvalue weighted by molar-refractivity contribution is 14.0. The van der Waals surface area contributed by atoms with Gasteiger partial charge in [0.15, 0.2) is 11.8 Å². The van der Waals surface area contributed by atoms with Gasteiger partial charge in [0.2, 0.25) is 5.89 Å². The number of hydrogen-bond acceptors (Lipinski definition) is 5. The smallest absolute Gasteiger partial charge is 0.248 e. The van der Waals surface area contributed by atoms with Crippen molar-refractivity contribution >= 4 is 29.9 Å². The van der Waals surface area contributed by atoms with Crippen molar-refractivity contribution in [1.29, 1.82) is 0 Å². The van der Waals surface area contributed by atoms with E-state index in [2.05, 4.69) is 25.8 Å². The molecule has 1 aromatic heterocycles. The van der Waals surface area contributed by atoms with Gasteiger partial charge in [-0.15, -0.1) is 24.0 Å². The van der Waals surface area contributed by atoms with Crippen LogP contribution in [-0.4, -0.2) is 42.9 Å². The second kappa shape index (κ2) is 10.1. The van der Waals surface area contributed by atoms with E-state index in [-0.39, 0.29) is 24.0 Å². The van der Waals surface area contributed by atoms with Gasteiger partial charge in [-0.3, -0.25) is 0 Å². The lowest BCUT2D eigenvalue weighted by molar-refractivity contribution is 0.203. The number of aromatic nitrogens is 2. The maximum absolute atomic E-state index is 4.97. The van der Waals surface area contributed by atoms with Crippen molar-refractivity contribution < 1.29 is 9.26 Å². The van der Waals surface area contributed by atoms with Crippen molar-refractivity contribution in [2.24, 2.45) is 4.99 Å². The molecule has 0 fully saturated rings. The predicted octanol–water partition coefficient (Wildman–Crippen LogP) is 0.698. The maximum atomic E-state index is 4.97. The highest BCUT2D eigenvalue weighted by Crippen LogP contribution is 1.97. The molecule has 0 saturated heterocycles. The lowest BCUT2D eigenvalue weighted by Crippen LogP contribution is -2.38. The van der Waals surface area contributed by atoms with Crippen LogP contribution >= 0.6 is 24.0 Å². The molecule has 0 aliphatic rings. The van der Waals surface area contributed by atoms with Crippen molar-refractivity contribution in [3.8, 4) is 0 Å². The number of aliphatic imine (C=N–C) groups is 1. The second-order valence-electron chi connectivity index (χ2n) is 3.35. The molecule has 1 rings (SSSR count). The number of aryl methyl sites for hydroxylation is 1. The van der Waals surface area contributed by atoms with Gasteiger partial charge in [0, 0.05) is 20.2 Å². The Morgan fingerprint density at radius 1 is 1.44 bits per heavy atom. The molecule has 8 heteroatoms. The number of nitrogens with one attached hydrogen (secondary N) is 2. The molecule has 1 heterocycles. The van der Waals surface area contributed by atoms with Crippen molar-refractivity contribution in [1.82, 2.24) is 20.8 Å². The number of hydrogen-bond donors (Lipinski definition) is 2. The molecular formula is C10H20IN5O2. The van der Waals surface area contributed by atoms with Crippen LogP contribution in [0.25, 0.3) is 0 Å². The van der Waals surface area contributed by atoms with E-state index in [4.69, 9.17) is 9.26 Å². The Kier molecular flexibility index (Phi) is 9.56. The van der Waals surface area contributed by atoms with E-state index in [0.717, 1.165) is 6.54 Å². The maximum Gasteiger partial charge on any atom is 0.248 e. The quantitative estimate of drug-likeness (QED) is 0.332. The molecule has 0 atom stereocenters. The topological polar surface area (TPSA) is 84.6 Å². The van der Waals surface area contributed by atoms with Gasteiger partial charge >= 0.3 is 0 Å². The fourth-order valence-corrected chi connectivity index (χ4v) is 1.16. The molecule has 1 aromatic rings. The van der Waals surface area contributed by atoms with Crippen LogP contribution in [0.5, 0.6) is 0 Å². The molecule has 0 amide bonds. The number of methoxy groups -OCH3 is 1. The fraction of sp³-hybridized carbons (Fsp3) is 0.700. The van der Waals surface area contributed by atoms with Gasteiger partial charge in [0.05, 0.1) is 6.61 Å². The number of halogens is 1. The van der Waals surface area contributed by atoms with Crippen molar-refractivity contribution in [3.63, 3.8) is 0 Å². The Balaban J connectivity index is 0.00000289. The zero-order valence-corrected chi connectivity index (χ0v) is 13.2. The van der Waals surface area contributed by atoms with E-state index in [0.29, 0.717) is 37.4 Å². The van der Waals surface area contributed by atoms with E-state index in [1.807, 2.05) is 6.92 Å². The second-order valence-corrected chi connectivity index (χ2v) is 3.35. The molecule has 0 aromatic carbocycles. The summed E-state index contributed by atoms with van der Waals surface area (Å²) in [6.07, 6.45) is 0. The summed E-state index contributed by atoms with van der Waals surface area (Å²) in [4.78, 5) is 8.39. The summed E-state index contributed by atoms with van der Waals surface area (Å²) in [5.41, 5.74) is 0. The van der Waals surface area contributed by atoms with Gasteiger partial charge in [-0.05, 0) is 13.8 Å². The third-order valence-corrected chi connectivity index (χ3v) is 1.88. The monoisotopic (exact) mass is 369 g/mol. The Labute approximate surface area is 124 Å². The molecule has 0 unspecified atom stereocenters. The third-order valence-electron chi connectivity index (χ3n) is 1.88. The van der Waals surface area contributed by atoms with Crippen LogP contribution in [0.1, 0.15) is 18.6 Å². The van der Waals surface area contributed by atoms with Gasteiger partial charge in [-0.1, -0.05) is 5.16 Å². The minimum Gasteiger partial charge on any atom is -0.383 e. The number of ether oxygens (including phenoxy) is 1. The first kappa shape index (κ1) is 17.1. The summed E-state index contributed by atoms with van der Waals surface area (Å²) in [5.74, 6) is 1.83. The third kappa shape index (κ3) is 6.74. The summed E-state index contributed by atoms with van der Waals surface area (Å²) < 4.78 is 9.92. The molecule has 0 radical (unpaired) electrons. The van der Waals surface area contributed by atoms with Crippen LogP contribution in [0, 0.1) is 6.92 Å². The normalized spacial score (nSPS) is 10.9. The lowest BCUT2D eigenvalue weighted by Gasteiger charge is -2.09. The van der Waals surface area contributed by atoms with Crippen molar-refractivity contribution in [3.05, 3.63) is 11.7 Å². The summed E-state index contributed by atoms with van der Waals surface area (Å²) >= 11 is 0. The standard InChI is InChI=1S/C10H19N5O2.HI/c1-4-11-10(12-5-6-16-3)13-7-9-14-8(2)15-17-9;/h4-7H2,1-3H3,(H2,11,12,13);1H. The predicted molar refractivity (Wildman–Crippen MR) is 79.1 cm³/mol. The van der Waals surface area contributed by atoms with Gasteiger partial charge in [-0.25, -0.2) is 4.99 Å². The van der Waals surface area contributed by atoms with E-state index in [1.54, 1.807) is 14.0 Å². The van der Waals surface area contributed by atoms with E-state index in [9.17, 15) is 0 Å². The van der Waals surface area contributed by atoms with Crippen LogP contribution in [0.2, 0.25) is 0 Å². The summed E-state index contributed by atoms with van der Waals surface area (Å²) in [6, 6.07) is 0. The number of nitrogens with zero attached hydrogens (tertiary/aromatic N) is 3. The zero-order chi connectivity index (χ0) is 12.5. The van der Waals surface area contributed by atoms with Crippen molar-refractivity contribution in [2.45, 2.75) is 20.4 Å². The molecule has 7 nitrogen and oxygen atoms in total. The Bertz CT molecular complexity index is 356. The minimum atomic E-state index is 0. The lowest BCUT2D eigenvalue weighted by atomic mass is 10.6. The molecule has 18 heavy (non-hydrogen) atoms. The first-order valence-electron chi connectivity index (χ1n) is 5.56. The van der Waals surface area contributed by atoms with Crippen LogP contribution in [0.3, 0.4) is 0 Å². The van der Waals surface area contributed by atoms with Gasteiger partial charge < -0.3 is 19.9 Å². The minimum absolute atomic E-state index is 0. The SMILES string of the molecule is CCNC(=NCc1nc(C)no1)NCCOC.I. The Morgan fingerprint density at radius 2 is 2.22 bits per heavy atom. The van der Waals surface area contributed by atoms with Crippen LogP contribution in [0.15, 0.2) is 9.52 Å². The van der Waals surface area contributed by atoms with E-state index < -0.39 is 0 Å². The molecular weight excluding hydrogens is 349 g/mol. The summed E-state index contributed by atoms with van der Waals surface area (Å²) in [6.45, 7) is 6.27. The first-order valence-corrected chi connectivity index (χ1v) is 5.56. The molecule has 2 N–H and O–H groups in total. The molecule has 0 aliphatic heterocycles. The number of guanidine groups is 1. The van der Waals surface area contributed by atoms with Gasteiger partial charge in [0.1, 0.15) is 6.54 Å². The molecule has 104 valence electrons. The number of rotatable bonds is 6. The highest BCUT2D eigenvalue weighted by atomic mass is 127. The molecule has 0 saturated carbocycles. The molecule has 0 bridgehead atoms. The summed E-state index contributed by atoms with van der Waals surface area (Å²) in [7, 11) is 1.66. The average Bonchev–Trinajstić information content (AvgIpc) is 2.72. The first-order chi connectivity index (χ1) is 8.26. The van der Waals surface area contributed by atoms with E-state index in [1.165, 1.54) is 0 Å². The van der Waals surface area contributed by atoms with Gasteiger partial charge in [0.25, 0.3) is 0 Å². The van der Waals surface area contributed by atoms with Crippen LogP contribution in [0.4, 0.5) is 0 Å². The zero-order valence-electron chi connectivity index (χ0n) is 10.9. The molecule has 0 aliphatic carbocycles. The summed E-state index contributed by atoms with van der Waals surface area (Å²) in [5, 5.41) is 9.93. The Morgan fingerprint density at radius 3 is 2.78 bits per heavy atom. The Hall–Kier alpha value is -0.900. The van der Waals surface area contributed by atoms with Gasteiger partial charge in [-0.2, -0.15) is 4.98 Å². The average molecular weight is 369 g/mol. The van der Waals surface area contributed by atoms with E-state index >= 15 is 0 Å². The molecule has 0 spiro atoms. The van der Waals surface area contributed by atoms with Crippen molar-refractivity contribution in [2.75, 3.05) is 26.8 Å². The fourth-order valence-electron chi connectivity index (χ4n) is 1.16. The van der Waals surface area contributed by atoms with Crippen LogP contribution in [-0.2, 0) is 11.3 Å². The van der Waals surface area contributed by atoms with Crippen LogP contribution < -0.4 is 10.6 Å². The highest BCUT2D eigenvalue weighted by Gasteiger charge is 2.02.